The first-order valence-corrected chi connectivity index (χ1v) is 10.5. The van der Waals surface area contributed by atoms with Gasteiger partial charge >= 0.3 is 0 Å². The second-order valence-electron chi connectivity index (χ2n) is 7.59. The third kappa shape index (κ3) is 4.79. The summed E-state index contributed by atoms with van der Waals surface area (Å²) in [7, 11) is 0. The second-order valence-corrected chi connectivity index (χ2v) is 7.59. The Morgan fingerprint density at radius 3 is 2.27 bits per heavy atom. The molecule has 0 bridgehead atoms. The summed E-state index contributed by atoms with van der Waals surface area (Å²) < 4.78 is 2.95. The molecule has 4 rings (SSSR count). The zero-order valence-electron chi connectivity index (χ0n) is 18.4. The van der Waals surface area contributed by atoms with Crippen molar-refractivity contribution in [3.05, 3.63) is 111 Å². The molecule has 2 aromatic carbocycles. The Labute approximate surface area is 190 Å². The van der Waals surface area contributed by atoms with Crippen molar-refractivity contribution >= 4 is 11.7 Å². The number of hydrogen-bond acceptors (Lipinski definition) is 5. The van der Waals surface area contributed by atoms with E-state index in [1.165, 1.54) is 10.7 Å². The minimum atomic E-state index is -0.391. The first-order valence-electron chi connectivity index (χ1n) is 10.5. The number of carbonyl (C=O) groups is 2. The number of hydrogen-bond donors (Lipinski definition) is 1. The lowest BCUT2D eigenvalue weighted by Crippen LogP contribution is -2.33. The fraction of sp³-hybridized carbons (Fsp3) is 0.160. The summed E-state index contributed by atoms with van der Waals surface area (Å²) in [6, 6.07) is 20.4. The Morgan fingerprint density at radius 2 is 1.58 bits per heavy atom. The van der Waals surface area contributed by atoms with Gasteiger partial charge in [-0.3, -0.25) is 14.4 Å². The lowest BCUT2D eigenvalue weighted by Gasteiger charge is -2.11. The number of aryl methyl sites for hydroxylation is 2. The molecule has 2 aromatic heterocycles. The average Bonchev–Trinajstić information content (AvgIpc) is 3.18. The molecule has 0 radical (unpaired) electrons. The van der Waals surface area contributed by atoms with Crippen LogP contribution in [0.25, 0.3) is 5.82 Å². The summed E-state index contributed by atoms with van der Waals surface area (Å²) in [4.78, 5) is 37.9. The highest BCUT2D eigenvalue weighted by atomic mass is 16.2. The molecule has 0 aliphatic heterocycles. The van der Waals surface area contributed by atoms with E-state index in [1.54, 1.807) is 59.3 Å². The third-order valence-corrected chi connectivity index (χ3v) is 5.14. The van der Waals surface area contributed by atoms with Crippen molar-refractivity contribution in [2.45, 2.75) is 20.4 Å². The monoisotopic (exact) mass is 441 g/mol. The highest BCUT2D eigenvalue weighted by Gasteiger charge is 2.17. The highest BCUT2D eigenvalue weighted by Crippen LogP contribution is 2.15. The van der Waals surface area contributed by atoms with E-state index in [1.807, 2.05) is 26.0 Å². The Balaban J connectivity index is 1.48. The van der Waals surface area contributed by atoms with Crippen molar-refractivity contribution in [2.24, 2.45) is 0 Å². The first kappa shape index (κ1) is 21.9. The molecule has 2 heterocycles. The molecule has 1 amide bonds. The molecular weight excluding hydrogens is 418 g/mol. The van der Waals surface area contributed by atoms with Gasteiger partial charge in [-0.2, -0.15) is 5.10 Å². The number of benzene rings is 2. The molecule has 0 aliphatic carbocycles. The maximum Gasteiger partial charge on any atom is 0.266 e. The molecule has 1 N–H and O–H groups in total. The molecule has 0 saturated carbocycles. The van der Waals surface area contributed by atoms with Gasteiger partial charge in [0.15, 0.2) is 11.6 Å². The van der Waals surface area contributed by atoms with Gasteiger partial charge in [0.2, 0.25) is 0 Å². The van der Waals surface area contributed by atoms with Crippen LogP contribution in [0, 0.1) is 13.8 Å². The minimum absolute atomic E-state index is 0.167. The van der Waals surface area contributed by atoms with E-state index < -0.39 is 5.91 Å². The van der Waals surface area contributed by atoms with Crippen LogP contribution >= 0.6 is 0 Å². The van der Waals surface area contributed by atoms with Gasteiger partial charge in [-0.25, -0.2) is 9.36 Å². The van der Waals surface area contributed by atoms with Crippen molar-refractivity contribution in [2.75, 3.05) is 6.54 Å². The van der Waals surface area contributed by atoms with E-state index in [4.69, 9.17) is 0 Å². The lowest BCUT2D eigenvalue weighted by molar-refractivity contribution is 0.0940. The van der Waals surface area contributed by atoms with Crippen LogP contribution in [-0.4, -0.2) is 37.8 Å². The van der Waals surface area contributed by atoms with E-state index in [0.717, 1.165) is 11.4 Å². The summed E-state index contributed by atoms with van der Waals surface area (Å²) >= 11 is 0. The van der Waals surface area contributed by atoms with Crippen LogP contribution in [0.15, 0.2) is 77.6 Å². The molecule has 8 nitrogen and oxygen atoms in total. The molecule has 0 unspecified atom stereocenters. The number of ketones is 1. The third-order valence-electron chi connectivity index (χ3n) is 5.14. The maximum absolute atomic E-state index is 12.9. The van der Waals surface area contributed by atoms with Crippen LogP contribution < -0.4 is 10.9 Å². The fourth-order valence-electron chi connectivity index (χ4n) is 3.57. The highest BCUT2D eigenvalue weighted by molar-refractivity contribution is 6.15. The Morgan fingerprint density at radius 1 is 0.879 bits per heavy atom. The largest absolute Gasteiger partial charge is 0.350 e. The van der Waals surface area contributed by atoms with E-state index >= 15 is 0 Å². The molecular formula is C25H23N5O3. The van der Waals surface area contributed by atoms with Gasteiger partial charge in [-0.05, 0) is 32.0 Å². The zero-order valence-corrected chi connectivity index (χ0v) is 18.4. The van der Waals surface area contributed by atoms with Gasteiger partial charge in [-0.1, -0.05) is 48.5 Å². The van der Waals surface area contributed by atoms with Crippen molar-refractivity contribution in [1.82, 2.24) is 24.9 Å². The topological polar surface area (TPSA) is 98.9 Å². The molecule has 0 fully saturated rings. The summed E-state index contributed by atoms with van der Waals surface area (Å²) in [5.74, 6) is -0.0974. The first-order chi connectivity index (χ1) is 15.9. The average molecular weight is 441 g/mol. The van der Waals surface area contributed by atoms with Gasteiger partial charge in [0.25, 0.3) is 11.5 Å². The summed E-state index contributed by atoms with van der Waals surface area (Å²) in [6.07, 6.45) is 0. The van der Waals surface area contributed by atoms with Crippen LogP contribution in [0.5, 0.6) is 0 Å². The summed E-state index contributed by atoms with van der Waals surface area (Å²) in [5, 5.41) is 11.5. The van der Waals surface area contributed by atoms with Gasteiger partial charge in [0.05, 0.1) is 17.8 Å². The standard InChI is InChI=1S/C25H23N5O3/c1-17-16-18(2)30(27-17)22-12-13-23(31)29(28-22)15-14-26-25(33)21-11-7-6-10-20(21)24(32)19-8-4-3-5-9-19/h3-13,16H,14-15H2,1-2H3,(H,26,33). The minimum Gasteiger partial charge on any atom is -0.350 e. The quantitative estimate of drug-likeness (QED) is 0.445. The molecule has 8 heteroatoms. The number of rotatable bonds is 7. The maximum atomic E-state index is 12.9. The summed E-state index contributed by atoms with van der Waals surface area (Å²) in [6.45, 7) is 4.13. The van der Waals surface area contributed by atoms with E-state index in [2.05, 4.69) is 15.5 Å². The predicted molar refractivity (Wildman–Crippen MR) is 124 cm³/mol. The molecule has 166 valence electrons. The number of nitrogens with one attached hydrogen (secondary N) is 1. The molecule has 0 spiro atoms. The Bertz CT molecular complexity index is 1370. The zero-order chi connectivity index (χ0) is 23.4. The van der Waals surface area contributed by atoms with Crippen LogP contribution in [-0.2, 0) is 6.54 Å². The Kier molecular flexibility index (Phi) is 6.26. The van der Waals surface area contributed by atoms with E-state index in [-0.39, 0.29) is 30.0 Å². The van der Waals surface area contributed by atoms with E-state index in [0.29, 0.717) is 16.9 Å². The van der Waals surface area contributed by atoms with E-state index in [9.17, 15) is 14.4 Å². The Hall–Kier alpha value is -4.33. The lowest BCUT2D eigenvalue weighted by atomic mass is 9.98. The second kappa shape index (κ2) is 9.44. The van der Waals surface area contributed by atoms with Crippen molar-refractivity contribution in [3.8, 4) is 5.82 Å². The van der Waals surface area contributed by atoms with Crippen molar-refractivity contribution < 1.29 is 9.59 Å². The van der Waals surface area contributed by atoms with Crippen LogP contribution in [0.1, 0.15) is 37.7 Å². The number of amides is 1. The van der Waals surface area contributed by atoms with Gasteiger partial charge in [0, 0.05) is 29.4 Å². The smallest absolute Gasteiger partial charge is 0.266 e. The molecule has 4 aromatic rings. The SMILES string of the molecule is Cc1cc(C)n(-c2ccc(=O)n(CCNC(=O)c3ccccc3C(=O)c3ccccc3)n2)n1. The van der Waals surface area contributed by atoms with Crippen molar-refractivity contribution in [3.63, 3.8) is 0 Å². The molecule has 0 saturated heterocycles. The number of nitrogens with zero attached hydrogens (tertiary/aromatic N) is 4. The van der Waals surface area contributed by atoms with Gasteiger partial charge in [-0.15, -0.1) is 5.10 Å². The summed E-state index contributed by atoms with van der Waals surface area (Å²) in [5.41, 5.74) is 2.58. The number of carbonyl (C=O) groups excluding carboxylic acids is 2. The van der Waals surface area contributed by atoms with Crippen LogP contribution in [0.3, 0.4) is 0 Å². The van der Waals surface area contributed by atoms with Gasteiger partial charge in [0.1, 0.15) is 0 Å². The molecule has 0 atom stereocenters. The fourth-order valence-corrected chi connectivity index (χ4v) is 3.57. The number of aromatic nitrogens is 4. The normalized spacial score (nSPS) is 10.7. The van der Waals surface area contributed by atoms with Crippen molar-refractivity contribution in [1.29, 1.82) is 0 Å². The van der Waals surface area contributed by atoms with Gasteiger partial charge < -0.3 is 5.32 Å². The molecule has 33 heavy (non-hydrogen) atoms. The van der Waals surface area contributed by atoms with Crippen LogP contribution in [0.2, 0.25) is 0 Å². The van der Waals surface area contributed by atoms with Crippen LogP contribution in [0.4, 0.5) is 0 Å². The molecule has 0 aliphatic rings. The predicted octanol–water partition coefficient (Wildman–Crippen LogP) is 2.71.